The molecule has 0 atom stereocenters. The Labute approximate surface area is 554 Å². The molecule has 6 rings (SSSR count). The lowest BCUT2D eigenvalue weighted by atomic mass is 9.88. The Bertz CT molecular complexity index is 2850. The lowest BCUT2D eigenvalue weighted by Gasteiger charge is -2.18. The maximum atomic E-state index is 12.8. The number of carbonyl (C=O) groups is 4. The minimum atomic E-state index is 0.122. The molecule has 0 unspecified atom stereocenters. The summed E-state index contributed by atoms with van der Waals surface area (Å²) in [4.78, 5) is 54.0. The predicted octanol–water partition coefficient (Wildman–Crippen LogP) is 19.2. The normalized spacial score (nSPS) is 11.7. The molecule has 0 aromatic heterocycles. The van der Waals surface area contributed by atoms with Crippen LogP contribution in [0.2, 0.25) is 0 Å². The Morgan fingerprint density at radius 3 is 0.880 bits per heavy atom. The van der Waals surface area contributed by atoms with Crippen LogP contribution in [0.5, 0.6) is 11.5 Å². The molecule has 494 valence electrons. The second-order valence-electron chi connectivity index (χ2n) is 24.7. The van der Waals surface area contributed by atoms with E-state index in [1.54, 1.807) is 9.80 Å². The van der Waals surface area contributed by atoms with Gasteiger partial charge in [0.15, 0.2) is 0 Å². The fourth-order valence-corrected chi connectivity index (χ4v) is 12.1. The zero-order valence-corrected chi connectivity index (χ0v) is 56.6. The second kappa shape index (κ2) is 44.7. The molecule has 0 saturated heterocycles. The molecule has 10 heteroatoms. The number of hydrogen-bond donors (Lipinski definition) is 2. The molecule has 6 aromatic carbocycles. The Balaban J connectivity index is 0.653. The summed E-state index contributed by atoms with van der Waals surface area (Å²) in [5, 5.41) is 6.16. The van der Waals surface area contributed by atoms with Gasteiger partial charge in [0.1, 0.15) is 24.7 Å². The van der Waals surface area contributed by atoms with Crippen LogP contribution in [0, 0.1) is 0 Å². The van der Waals surface area contributed by atoms with Gasteiger partial charge in [-0.05, 0) is 131 Å². The number of carbonyl (C=O) groups excluding carboxylic acids is 4. The van der Waals surface area contributed by atoms with Crippen molar-refractivity contribution in [3.63, 3.8) is 0 Å². The van der Waals surface area contributed by atoms with E-state index < -0.39 is 0 Å². The first-order valence-corrected chi connectivity index (χ1v) is 35.3. The zero-order chi connectivity index (χ0) is 65.1. The van der Waals surface area contributed by atoms with E-state index in [-0.39, 0.29) is 23.6 Å². The number of hydrogen-bond acceptors (Lipinski definition) is 6. The Morgan fingerprint density at radius 1 is 0.315 bits per heavy atom. The Hall–Kier alpha value is -7.72. The monoisotopic (exact) mass is 1250 g/mol. The van der Waals surface area contributed by atoms with E-state index in [1.165, 1.54) is 122 Å². The van der Waals surface area contributed by atoms with Gasteiger partial charge in [-0.15, -0.1) is 0 Å². The number of nitrogens with one attached hydrogen (secondary N) is 2. The summed E-state index contributed by atoms with van der Waals surface area (Å²) >= 11 is 0. The largest absolute Gasteiger partial charge is 0.492 e. The van der Waals surface area contributed by atoms with Crippen molar-refractivity contribution in [3.8, 4) is 11.5 Å². The molecule has 0 bridgehead atoms. The fraction of sp³-hybridized carbons (Fsp3) is 0.463. The molecule has 0 aliphatic heterocycles. The SMILES string of the molecule is CCC(=C(c1ccccc1)c1ccc(OCCN(C)C(=O)CCCCCNC(=O)CCCCCCCCCCCCCCCCCCC(=O)NCCCCCC(=O)N(C)CCOc2ccc(C(=C(CC)c3ccccc3)c3ccccc3)cc2)cc1)c1ccccc1. The van der Waals surface area contributed by atoms with Crippen molar-refractivity contribution in [2.45, 2.75) is 194 Å². The average Bonchev–Trinajstić information content (AvgIpc) is 1.16. The number of rotatable bonds is 47. The van der Waals surface area contributed by atoms with Crippen LogP contribution in [0.1, 0.15) is 227 Å². The highest BCUT2D eigenvalue weighted by Crippen LogP contribution is 2.37. The molecule has 0 saturated carbocycles. The Morgan fingerprint density at radius 2 is 0.576 bits per heavy atom. The van der Waals surface area contributed by atoms with Gasteiger partial charge in [-0.2, -0.15) is 0 Å². The first-order valence-electron chi connectivity index (χ1n) is 35.3. The summed E-state index contributed by atoms with van der Waals surface area (Å²) in [6.07, 6.45) is 28.8. The summed E-state index contributed by atoms with van der Waals surface area (Å²) in [7, 11) is 3.69. The zero-order valence-electron chi connectivity index (χ0n) is 56.6. The number of allylic oxidation sites excluding steroid dienone is 2. The van der Waals surface area contributed by atoms with Gasteiger partial charge in [-0.25, -0.2) is 0 Å². The van der Waals surface area contributed by atoms with Crippen molar-refractivity contribution in [2.24, 2.45) is 0 Å². The predicted molar refractivity (Wildman–Crippen MR) is 383 cm³/mol. The lowest BCUT2D eigenvalue weighted by Crippen LogP contribution is -2.30. The summed E-state index contributed by atoms with van der Waals surface area (Å²) < 4.78 is 12.2. The van der Waals surface area contributed by atoms with Crippen molar-refractivity contribution in [1.82, 2.24) is 20.4 Å². The Kier molecular flexibility index (Phi) is 35.6. The molecule has 0 aliphatic rings. The number of benzene rings is 6. The molecule has 4 amide bonds. The van der Waals surface area contributed by atoms with E-state index in [0.29, 0.717) is 65.1 Å². The van der Waals surface area contributed by atoms with Gasteiger partial charge in [0.25, 0.3) is 0 Å². The fourth-order valence-electron chi connectivity index (χ4n) is 12.1. The summed E-state index contributed by atoms with van der Waals surface area (Å²) in [6, 6.07) is 58.9. The maximum absolute atomic E-state index is 12.8. The van der Waals surface area contributed by atoms with E-state index in [2.05, 4.69) is 170 Å². The van der Waals surface area contributed by atoms with Crippen molar-refractivity contribution >= 4 is 45.9 Å². The molecule has 92 heavy (non-hydrogen) atoms. The molecule has 0 heterocycles. The van der Waals surface area contributed by atoms with E-state index >= 15 is 0 Å². The van der Waals surface area contributed by atoms with Crippen LogP contribution in [0.25, 0.3) is 22.3 Å². The first-order chi connectivity index (χ1) is 45.1. The molecule has 6 aromatic rings. The average molecular weight is 1250 g/mol. The molecule has 0 radical (unpaired) electrons. The maximum Gasteiger partial charge on any atom is 0.222 e. The topological polar surface area (TPSA) is 117 Å². The summed E-state index contributed by atoms with van der Waals surface area (Å²) in [5.41, 5.74) is 12.2. The number of unbranched alkanes of at least 4 members (excludes halogenated alkanes) is 19. The smallest absolute Gasteiger partial charge is 0.222 e. The second-order valence-corrected chi connectivity index (χ2v) is 24.7. The third-order valence-corrected chi connectivity index (χ3v) is 17.5. The van der Waals surface area contributed by atoms with Crippen LogP contribution in [-0.2, 0) is 19.2 Å². The van der Waals surface area contributed by atoms with E-state index in [1.807, 2.05) is 38.4 Å². The van der Waals surface area contributed by atoms with Gasteiger partial charge in [-0.3, -0.25) is 19.2 Å². The van der Waals surface area contributed by atoms with Gasteiger partial charge in [-0.1, -0.05) is 262 Å². The molecule has 0 aliphatic carbocycles. The number of ether oxygens (including phenoxy) is 2. The molecular weight excluding hydrogens is 1140 g/mol. The van der Waals surface area contributed by atoms with E-state index in [9.17, 15) is 19.2 Å². The van der Waals surface area contributed by atoms with Crippen LogP contribution in [0.4, 0.5) is 0 Å². The summed E-state index contributed by atoms with van der Waals surface area (Å²) in [5.74, 6) is 2.11. The van der Waals surface area contributed by atoms with Crippen molar-refractivity contribution in [3.05, 3.63) is 203 Å². The van der Waals surface area contributed by atoms with E-state index in [4.69, 9.17) is 9.47 Å². The number of amides is 4. The molecule has 2 N–H and O–H groups in total. The van der Waals surface area contributed by atoms with Gasteiger partial charge in [0.05, 0.1) is 13.1 Å². The molecular formula is C82H110N4O6. The molecule has 10 nitrogen and oxygen atoms in total. The minimum Gasteiger partial charge on any atom is -0.492 e. The van der Waals surface area contributed by atoms with E-state index in [0.717, 1.165) is 99.7 Å². The molecule has 0 fully saturated rings. The van der Waals surface area contributed by atoms with Crippen molar-refractivity contribution in [2.75, 3.05) is 53.5 Å². The summed E-state index contributed by atoms with van der Waals surface area (Å²) in [6.45, 7) is 7.66. The quantitative estimate of drug-likeness (QED) is 0.0290. The van der Waals surface area contributed by atoms with Crippen LogP contribution in [-0.4, -0.2) is 86.9 Å². The van der Waals surface area contributed by atoms with Crippen molar-refractivity contribution < 1.29 is 28.7 Å². The standard InChI is InChI=1S/C82H110N4O6/c1-5-75(67-41-27-21-28-42-67)81(69-45-31-23-32-46-69)71-53-57-73(58-54-71)91-65-63-85(3)79(89)51-37-25-39-61-83-77(87)49-35-19-17-15-13-11-9-7-8-10-12-14-16-18-20-36-50-78(88)84-62-40-26-38-52-80(90)86(4)64-66-92-74-59-55-72(56-60-74)82(70-47-33-24-34-48-70)76(6-2)68-43-29-22-30-44-68/h21-24,27-34,41-48,53-60H,5-20,25-26,35-40,49-52,61-66H2,1-4H3,(H,83,87)(H,84,88). The minimum absolute atomic E-state index is 0.122. The number of likely N-dealkylation sites (N-methyl/N-ethyl adjacent to an activating group) is 2. The van der Waals surface area contributed by atoms with Crippen LogP contribution in [0.3, 0.4) is 0 Å². The van der Waals surface area contributed by atoms with Crippen LogP contribution < -0.4 is 20.1 Å². The lowest BCUT2D eigenvalue weighted by molar-refractivity contribution is -0.131. The van der Waals surface area contributed by atoms with Crippen LogP contribution in [0.15, 0.2) is 170 Å². The third-order valence-electron chi connectivity index (χ3n) is 17.5. The van der Waals surface area contributed by atoms with Crippen LogP contribution >= 0.6 is 0 Å². The molecule has 0 spiro atoms. The van der Waals surface area contributed by atoms with Crippen molar-refractivity contribution in [1.29, 1.82) is 0 Å². The number of nitrogens with zero attached hydrogens (tertiary/aromatic N) is 2. The highest BCUT2D eigenvalue weighted by atomic mass is 16.5. The highest BCUT2D eigenvalue weighted by Gasteiger charge is 2.17. The third kappa shape index (κ3) is 28.0. The van der Waals surface area contributed by atoms with Gasteiger partial charge in [0, 0.05) is 52.9 Å². The van der Waals surface area contributed by atoms with Gasteiger partial charge >= 0.3 is 0 Å². The van der Waals surface area contributed by atoms with Gasteiger partial charge in [0.2, 0.25) is 23.6 Å². The van der Waals surface area contributed by atoms with Gasteiger partial charge < -0.3 is 29.9 Å². The first kappa shape index (κ1) is 73.3. The highest BCUT2D eigenvalue weighted by molar-refractivity contribution is 5.99.